The van der Waals surface area contributed by atoms with Crippen LogP contribution in [0.5, 0.6) is 0 Å². The summed E-state index contributed by atoms with van der Waals surface area (Å²) >= 11 is 0. The second-order valence-corrected chi connectivity index (χ2v) is 6.25. The Bertz CT molecular complexity index is 154. The highest BCUT2D eigenvalue weighted by molar-refractivity contribution is 6.57. The van der Waals surface area contributed by atoms with Crippen molar-refractivity contribution in [3.8, 4) is 0 Å². The molecule has 0 aromatic heterocycles. The molecule has 0 aromatic carbocycles. The fourth-order valence-electron chi connectivity index (χ4n) is 0.459. The number of rotatable bonds is 4. The molecule has 0 amide bonds. The molecule has 0 aliphatic carbocycles. The number of ether oxygens (including phenoxy) is 1. The van der Waals surface area contributed by atoms with Crippen LogP contribution < -0.4 is 0 Å². The van der Waals surface area contributed by atoms with E-state index in [-0.39, 0.29) is 5.97 Å². The maximum atomic E-state index is 10.9. The molecule has 11 heavy (non-hydrogen) atoms. The second kappa shape index (κ2) is 5.13. The summed E-state index contributed by atoms with van der Waals surface area (Å²) in [5, 5.41) is 0. The van der Waals surface area contributed by atoms with Gasteiger partial charge >= 0.3 is 5.97 Å². The third kappa shape index (κ3) is 4.78. The minimum Gasteiger partial charge on any atom is -0.466 e. The molecule has 0 fully saturated rings. The summed E-state index contributed by atoms with van der Waals surface area (Å²) in [5.41, 5.74) is 0.488. The Morgan fingerprint density at radius 1 is 1.64 bits per heavy atom. The van der Waals surface area contributed by atoms with Crippen molar-refractivity contribution in [3.63, 3.8) is 0 Å². The van der Waals surface area contributed by atoms with Gasteiger partial charge < -0.3 is 4.74 Å². The average molecular weight is 172 g/mol. The van der Waals surface area contributed by atoms with Crippen molar-refractivity contribution in [3.05, 3.63) is 12.2 Å². The molecule has 1 atom stereocenters. The second-order valence-electron chi connectivity index (χ2n) is 2.89. The van der Waals surface area contributed by atoms with Gasteiger partial charge in [0.25, 0.3) is 0 Å². The lowest BCUT2D eigenvalue weighted by molar-refractivity contribution is -0.137. The van der Waals surface area contributed by atoms with Crippen molar-refractivity contribution >= 4 is 14.8 Å². The summed E-state index contributed by atoms with van der Waals surface area (Å²) in [6, 6.07) is 1.17. The zero-order valence-corrected chi connectivity index (χ0v) is 8.67. The third-order valence-corrected chi connectivity index (χ3v) is 3.67. The first-order valence-electron chi connectivity index (χ1n) is 3.90. The smallest absolute Gasteiger partial charge is 0.332 e. The predicted molar refractivity (Wildman–Crippen MR) is 49.3 cm³/mol. The Labute approximate surface area is 69.9 Å². The van der Waals surface area contributed by atoms with E-state index in [0.717, 1.165) is 0 Å². The van der Waals surface area contributed by atoms with Gasteiger partial charge in [0, 0.05) is 5.57 Å². The van der Waals surface area contributed by atoms with Crippen LogP contribution in [0.4, 0.5) is 0 Å². The number of hydrogen-bond acceptors (Lipinski definition) is 2. The lowest BCUT2D eigenvalue weighted by Gasteiger charge is -2.07. The summed E-state index contributed by atoms with van der Waals surface area (Å²) < 4.78 is 4.98. The van der Waals surface area contributed by atoms with Gasteiger partial charge in [0.15, 0.2) is 0 Å². The molecule has 3 heteroatoms. The van der Waals surface area contributed by atoms with Crippen LogP contribution in [0.15, 0.2) is 12.2 Å². The Hall–Kier alpha value is -0.573. The van der Waals surface area contributed by atoms with Crippen LogP contribution in [0.25, 0.3) is 0 Å². The van der Waals surface area contributed by atoms with Crippen LogP contribution in [0.2, 0.25) is 12.6 Å². The highest BCUT2D eigenvalue weighted by Gasteiger charge is 2.06. The van der Waals surface area contributed by atoms with Crippen molar-refractivity contribution in [1.82, 2.24) is 0 Å². The Morgan fingerprint density at radius 3 is 2.55 bits per heavy atom. The minimum absolute atomic E-state index is 0.252. The fraction of sp³-hybridized carbons (Fsp3) is 0.625. The maximum absolute atomic E-state index is 10.9. The summed E-state index contributed by atoms with van der Waals surface area (Å²) in [5.74, 6) is -0.252. The van der Waals surface area contributed by atoms with Crippen LogP contribution in [0, 0.1) is 0 Å². The van der Waals surface area contributed by atoms with Crippen LogP contribution in [0.1, 0.15) is 13.8 Å². The monoisotopic (exact) mass is 172 g/mol. The Balaban J connectivity index is 3.54. The van der Waals surface area contributed by atoms with Gasteiger partial charge in [-0.2, -0.15) is 0 Å². The molecule has 0 spiro atoms. The fourth-order valence-corrected chi connectivity index (χ4v) is 1.13. The third-order valence-electron chi connectivity index (χ3n) is 1.54. The van der Waals surface area contributed by atoms with Gasteiger partial charge in [-0.05, 0) is 6.92 Å². The molecule has 2 nitrogen and oxygen atoms in total. The zero-order chi connectivity index (χ0) is 8.85. The molecule has 0 radical (unpaired) electrons. The number of carbonyl (C=O) groups excluding carboxylic acids is 1. The van der Waals surface area contributed by atoms with Crippen LogP contribution in [-0.4, -0.2) is 21.0 Å². The summed E-state index contributed by atoms with van der Waals surface area (Å²) in [4.78, 5) is 10.9. The van der Waals surface area contributed by atoms with Crippen molar-refractivity contribution in [1.29, 1.82) is 0 Å². The van der Waals surface area contributed by atoms with E-state index in [4.69, 9.17) is 4.74 Å². The quantitative estimate of drug-likeness (QED) is 0.365. The van der Waals surface area contributed by atoms with E-state index in [1.54, 1.807) is 6.92 Å². The standard InChI is InChI=1S/C8H16O2Si/c1-5-11(4)6-10-8(9)7(2)3/h11H,2,5-6H2,1,3-4H3. The van der Waals surface area contributed by atoms with E-state index in [9.17, 15) is 4.79 Å². The van der Waals surface area contributed by atoms with Gasteiger partial charge in [-0.3, -0.25) is 0 Å². The van der Waals surface area contributed by atoms with E-state index in [0.29, 0.717) is 11.8 Å². The topological polar surface area (TPSA) is 26.3 Å². The first kappa shape index (κ1) is 10.4. The molecule has 0 heterocycles. The number of hydrogen-bond donors (Lipinski definition) is 0. The largest absolute Gasteiger partial charge is 0.466 e. The molecular formula is C8H16O2Si. The van der Waals surface area contributed by atoms with Crippen molar-refractivity contribution in [2.24, 2.45) is 0 Å². The van der Waals surface area contributed by atoms with Crippen molar-refractivity contribution in [2.45, 2.75) is 26.4 Å². The molecule has 0 aromatic rings. The molecule has 0 aliphatic rings. The lowest BCUT2D eigenvalue weighted by atomic mass is 10.4. The average Bonchev–Trinajstić information content (AvgIpc) is 1.99. The van der Waals surface area contributed by atoms with E-state index < -0.39 is 8.80 Å². The molecule has 64 valence electrons. The van der Waals surface area contributed by atoms with Crippen LogP contribution >= 0.6 is 0 Å². The van der Waals surface area contributed by atoms with E-state index in [2.05, 4.69) is 20.0 Å². The van der Waals surface area contributed by atoms with Gasteiger partial charge in [-0.15, -0.1) is 0 Å². The lowest BCUT2D eigenvalue weighted by Crippen LogP contribution is -2.18. The summed E-state index contributed by atoms with van der Waals surface area (Å²) in [7, 11) is -0.763. The number of esters is 1. The maximum Gasteiger partial charge on any atom is 0.332 e. The molecule has 0 saturated heterocycles. The van der Waals surface area contributed by atoms with Gasteiger partial charge in [0.2, 0.25) is 0 Å². The summed E-state index contributed by atoms with van der Waals surface area (Å²) in [6.45, 7) is 9.48. The van der Waals surface area contributed by atoms with E-state index in [1.165, 1.54) is 6.04 Å². The normalized spacial score (nSPS) is 12.3. The SMILES string of the molecule is C=C(C)C(=O)OC[SiH](C)CC. The molecule has 0 rings (SSSR count). The van der Waals surface area contributed by atoms with Crippen LogP contribution in [0.3, 0.4) is 0 Å². The Kier molecular flexibility index (Phi) is 4.86. The predicted octanol–water partition coefficient (Wildman–Crippen LogP) is 1.52. The Morgan fingerprint density at radius 2 is 2.18 bits per heavy atom. The van der Waals surface area contributed by atoms with E-state index in [1.807, 2.05) is 0 Å². The highest BCUT2D eigenvalue weighted by Crippen LogP contribution is 1.95. The summed E-state index contributed by atoms with van der Waals surface area (Å²) in [6.07, 6.45) is 0.641. The number of carbonyl (C=O) groups is 1. The van der Waals surface area contributed by atoms with Gasteiger partial charge in [-0.1, -0.05) is 26.1 Å². The van der Waals surface area contributed by atoms with Crippen LogP contribution in [-0.2, 0) is 9.53 Å². The van der Waals surface area contributed by atoms with Gasteiger partial charge in [-0.25, -0.2) is 4.79 Å². The molecule has 0 N–H and O–H groups in total. The molecule has 1 unspecified atom stereocenters. The van der Waals surface area contributed by atoms with E-state index >= 15 is 0 Å². The molecular weight excluding hydrogens is 156 g/mol. The minimum atomic E-state index is -0.763. The van der Waals surface area contributed by atoms with Crippen molar-refractivity contribution < 1.29 is 9.53 Å². The highest BCUT2D eigenvalue weighted by atomic mass is 28.3. The molecule has 0 saturated carbocycles. The molecule has 0 aliphatic heterocycles. The first-order valence-corrected chi connectivity index (χ1v) is 6.69. The molecule has 0 bridgehead atoms. The van der Waals surface area contributed by atoms with Gasteiger partial charge in [0.1, 0.15) is 0 Å². The van der Waals surface area contributed by atoms with Crippen molar-refractivity contribution in [2.75, 3.05) is 6.23 Å². The zero-order valence-electron chi connectivity index (χ0n) is 7.52. The first-order chi connectivity index (χ1) is 5.07. The van der Waals surface area contributed by atoms with Gasteiger partial charge in [0.05, 0.1) is 15.0 Å².